The first kappa shape index (κ1) is 58.9. The number of esters is 2. The predicted molar refractivity (Wildman–Crippen MR) is 262 cm³/mol. The van der Waals surface area contributed by atoms with Gasteiger partial charge < -0.3 is 29.1 Å². The Hall–Kier alpha value is -2.46. The number of alkyl halides is 2. The zero-order valence-electron chi connectivity index (χ0n) is 41.6. The average Bonchev–Trinajstić information content (AvgIpc) is 3.83. The van der Waals surface area contributed by atoms with Gasteiger partial charge in [0.1, 0.15) is 24.1 Å². The fourth-order valence-corrected chi connectivity index (χ4v) is 9.51. The summed E-state index contributed by atoms with van der Waals surface area (Å²) < 4.78 is 58.1. The zero-order valence-corrected chi connectivity index (χ0v) is 43.3. The van der Waals surface area contributed by atoms with Gasteiger partial charge in [0.05, 0.1) is 25.4 Å². The van der Waals surface area contributed by atoms with Gasteiger partial charge in [-0.05, 0) is 19.8 Å². The number of rotatable bonds is 40. The number of nitrogens with zero attached hydrogens (tertiary/aromatic N) is 5. The number of carbonyl (C=O) groups is 2. The number of phosphoric ester groups is 1. The second-order valence-electron chi connectivity index (χ2n) is 18.7. The molecule has 0 saturated carbocycles. The van der Waals surface area contributed by atoms with Crippen LogP contribution in [0.25, 0.3) is 11.2 Å². The lowest BCUT2D eigenvalue weighted by atomic mass is 9.99. The summed E-state index contributed by atoms with van der Waals surface area (Å²) >= 11 is 6.25. The second-order valence-corrected chi connectivity index (χ2v) is 20.4. The lowest BCUT2D eigenvalue weighted by molar-refractivity contribution is -0.161. The van der Waals surface area contributed by atoms with Crippen LogP contribution in [0.1, 0.15) is 206 Å². The molecule has 1 saturated heterocycles. The van der Waals surface area contributed by atoms with Crippen LogP contribution in [-0.4, -0.2) is 105 Å². The normalized spacial score (nSPS) is 19.7. The van der Waals surface area contributed by atoms with E-state index in [-0.39, 0.29) is 18.5 Å². The van der Waals surface area contributed by atoms with Gasteiger partial charge in [-0.15, -0.1) is 11.6 Å². The molecule has 3 heterocycles. The number of ether oxygens (including phenoxy) is 3. The summed E-state index contributed by atoms with van der Waals surface area (Å²) in [6, 6.07) is 0. The van der Waals surface area contributed by atoms with Crippen LogP contribution in [0.3, 0.4) is 0 Å². The van der Waals surface area contributed by atoms with E-state index in [1.54, 1.807) is 25.9 Å². The van der Waals surface area contributed by atoms with E-state index in [1.807, 2.05) is 0 Å². The highest BCUT2D eigenvalue weighted by molar-refractivity contribution is 7.47. The van der Waals surface area contributed by atoms with Crippen molar-refractivity contribution < 1.29 is 51.8 Å². The van der Waals surface area contributed by atoms with Gasteiger partial charge in [0.15, 0.2) is 35.5 Å². The van der Waals surface area contributed by atoms with Crippen LogP contribution in [-0.2, 0) is 37.4 Å². The quantitative estimate of drug-likeness (QED) is 0.0278. The molecule has 1 fully saturated rings. The molecule has 6 atom stereocenters. The van der Waals surface area contributed by atoms with Crippen LogP contribution in [0, 0.1) is 6.92 Å². The van der Waals surface area contributed by atoms with Crippen molar-refractivity contribution in [3.8, 4) is 0 Å². The number of hydrogen-bond donors (Lipinski definition) is 2. The van der Waals surface area contributed by atoms with Gasteiger partial charge in [0.2, 0.25) is 0 Å². The molecule has 18 heteroatoms. The summed E-state index contributed by atoms with van der Waals surface area (Å²) in [5.41, 5.74) is -1.36. The Kier molecular flexibility index (Phi) is 29.1. The lowest BCUT2D eigenvalue weighted by Crippen LogP contribution is -2.47. The number of aliphatic hydroxyl groups is 1. The first-order chi connectivity index (χ1) is 32.3. The van der Waals surface area contributed by atoms with Crippen LogP contribution in [0.5, 0.6) is 0 Å². The fraction of sp³-hybridized carbons (Fsp3) is 0.857. The highest BCUT2D eigenvalue weighted by Gasteiger charge is 2.57. The summed E-state index contributed by atoms with van der Waals surface area (Å²) in [5, 5.41) is 11.1. The first-order valence-corrected chi connectivity index (χ1v) is 27.7. The average molecular weight is 991 g/mol. The Bertz CT molecular complexity index is 1730. The molecule has 15 nitrogen and oxygen atoms in total. The van der Waals surface area contributed by atoms with Crippen molar-refractivity contribution in [3.05, 3.63) is 12.2 Å². The third-order valence-electron chi connectivity index (χ3n) is 12.5. The Morgan fingerprint density at radius 2 is 1.27 bits per heavy atom. The third kappa shape index (κ3) is 22.0. The molecule has 0 aliphatic carbocycles. The summed E-state index contributed by atoms with van der Waals surface area (Å²) in [7, 11) is -1.42. The van der Waals surface area contributed by atoms with E-state index >= 15 is 4.39 Å². The van der Waals surface area contributed by atoms with Crippen LogP contribution < -0.4 is 4.90 Å². The van der Waals surface area contributed by atoms with Crippen molar-refractivity contribution >= 4 is 48.3 Å². The van der Waals surface area contributed by atoms with Gasteiger partial charge in [-0.1, -0.05) is 168 Å². The van der Waals surface area contributed by atoms with Crippen molar-refractivity contribution in [2.45, 2.75) is 231 Å². The molecule has 1 aliphatic heterocycles. The van der Waals surface area contributed by atoms with E-state index in [4.69, 9.17) is 34.9 Å². The number of anilines is 1. The van der Waals surface area contributed by atoms with E-state index in [2.05, 4.69) is 28.8 Å². The smallest absolute Gasteiger partial charge is 0.462 e. The van der Waals surface area contributed by atoms with Crippen molar-refractivity contribution in [1.29, 1.82) is 0 Å². The number of unbranched alkanes of at least 4 members (excludes halogenated alkanes) is 24. The Morgan fingerprint density at radius 1 is 0.791 bits per heavy atom. The van der Waals surface area contributed by atoms with Crippen LogP contribution in [0.15, 0.2) is 6.33 Å². The molecular formula is C49H86ClFN5O10P. The minimum atomic E-state index is -4.98. The number of phosphoric acid groups is 1. The van der Waals surface area contributed by atoms with Crippen molar-refractivity contribution in [1.82, 2.24) is 19.5 Å². The van der Waals surface area contributed by atoms with E-state index in [1.165, 1.54) is 126 Å². The van der Waals surface area contributed by atoms with Gasteiger partial charge in [0, 0.05) is 26.9 Å². The largest absolute Gasteiger partial charge is 0.472 e. The SMILES string of the molecule is CCCCCCCCCCCCCCCC(=O)OCC(COP(=O)(O)OC[C@@]1(CCl)O[C@@H](n2cnc3c(N(C)C)nc(C)nc32)[C@H](F)[C@@H]1O)OC(=O)CCCCCCCCCCCCCCC. The molecule has 3 rings (SSSR count). The minimum Gasteiger partial charge on any atom is -0.462 e. The first-order valence-electron chi connectivity index (χ1n) is 25.7. The molecule has 2 N–H and O–H groups in total. The van der Waals surface area contributed by atoms with Crippen molar-refractivity contribution in [3.63, 3.8) is 0 Å². The standard InChI is InChI=1S/C49H86ClFN5O10P/c1-6-8-10-12-14-16-18-20-22-24-26-28-30-32-41(57)62-34-40(65-42(58)33-31-29-27-25-23-21-19-17-15-13-11-9-7-2)35-63-67(60,61)64-37-49(36-50)45(59)43(51)48(66-49)56-38-52-44-46(55(4)5)53-39(3)54-47(44)56/h38,40,43,45,48,59H,6-37H2,1-5H3,(H,60,61)/t40?,43-,45+,48-,49-/m1/s1. The third-order valence-corrected chi connectivity index (χ3v) is 13.9. The number of aromatic nitrogens is 4. The topological polar surface area (TPSA) is 185 Å². The van der Waals surface area contributed by atoms with Crippen LogP contribution in [0.4, 0.5) is 10.2 Å². The molecule has 0 aromatic carbocycles. The van der Waals surface area contributed by atoms with E-state index in [0.29, 0.717) is 30.0 Å². The highest BCUT2D eigenvalue weighted by atomic mass is 35.5. The summed E-state index contributed by atoms with van der Waals surface area (Å²) in [5.74, 6) is -0.657. The van der Waals surface area contributed by atoms with Crippen LogP contribution in [0.2, 0.25) is 0 Å². The number of imidazole rings is 1. The Labute approximate surface area is 406 Å². The maximum Gasteiger partial charge on any atom is 0.472 e. The van der Waals surface area contributed by atoms with Gasteiger partial charge >= 0.3 is 19.8 Å². The predicted octanol–water partition coefficient (Wildman–Crippen LogP) is 12.0. The summed E-state index contributed by atoms with van der Waals surface area (Å²) in [6.07, 6.45) is 25.4. The van der Waals surface area contributed by atoms with Crippen molar-refractivity contribution in [2.75, 3.05) is 44.7 Å². The number of hydrogen-bond acceptors (Lipinski definition) is 13. The minimum absolute atomic E-state index is 0.127. The number of fused-ring (bicyclic) bond motifs is 1. The maximum absolute atomic E-state index is 15.9. The molecule has 0 amide bonds. The molecule has 67 heavy (non-hydrogen) atoms. The monoisotopic (exact) mass is 990 g/mol. The molecule has 2 unspecified atom stereocenters. The molecule has 2 aromatic heterocycles. The van der Waals surface area contributed by atoms with Crippen molar-refractivity contribution in [2.24, 2.45) is 0 Å². The molecule has 0 radical (unpaired) electrons. The summed E-state index contributed by atoms with van der Waals surface area (Å²) in [6.45, 7) is 4.26. The Morgan fingerprint density at radius 3 is 1.75 bits per heavy atom. The van der Waals surface area contributed by atoms with E-state index < -0.39 is 75.7 Å². The number of aliphatic hydroxyl groups excluding tert-OH is 1. The van der Waals surface area contributed by atoms with Gasteiger partial charge in [-0.2, -0.15) is 0 Å². The Balaban J connectivity index is 1.50. The lowest BCUT2D eigenvalue weighted by Gasteiger charge is -2.30. The summed E-state index contributed by atoms with van der Waals surface area (Å²) in [4.78, 5) is 51.4. The van der Waals surface area contributed by atoms with Gasteiger partial charge in [0.25, 0.3) is 0 Å². The number of carbonyl (C=O) groups excluding carboxylic acids is 2. The highest BCUT2D eigenvalue weighted by Crippen LogP contribution is 2.48. The van der Waals surface area contributed by atoms with E-state index in [9.17, 15) is 24.2 Å². The molecular weight excluding hydrogens is 904 g/mol. The molecule has 2 aromatic rings. The molecule has 0 bridgehead atoms. The molecule has 0 spiro atoms. The number of aryl methyl sites for hydroxylation is 1. The fourth-order valence-electron chi connectivity index (χ4n) is 8.40. The molecule has 1 aliphatic rings. The zero-order chi connectivity index (χ0) is 48.9. The van der Waals surface area contributed by atoms with E-state index in [0.717, 1.165) is 38.5 Å². The second kappa shape index (κ2) is 33.2. The van der Waals surface area contributed by atoms with Gasteiger partial charge in [-0.3, -0.25) is 23.2 Å². The maximum atomic E-state index is 15.9. The molecule has 386 valence electrons. The van der Waals surface area contributed by atoms with Gasteiger partial charge in [-0.25, -0.2) is 23.9 Å². The van der Waals surface area contributed by atoms with Crippen LogP contribution >= 0.6 is 19.4 Å². The number of halogens is 2.